The van der Waals surface area contributed by atoms with Crippen LogP contribution in [0.1, 0.15) is 5.69 Å². The van der Waals surface area contributed by atoms with Crippen molar-refractivity contribution in [3.63, 3.8) is 0 Å². The van der Waals surface area contributed by atoms with Gasteiger partial charge >= 0.3 is 0 Å². The van der Waals surface area contributed by atoms with E-state index < -0.39 is 0 Å². The van der Waals surface area contributed by atoms with Gasteiger partial charge in [0.05, 0.1) is 29.7 Å². The summed E-state index contributed by atoms with van der Waals surface area (Å²) in [4.78, 5) is 0. The average Bonchev–Trinajstić information content (AvgIpc) is 2.77. The number of hydrogen-bond donors (Lipinski definition) is 1. The van der Waals surface area contributed by atoms with E-state index >= 15 is 0 Å². The summed E-state index contributed by atoms with van der Waals surface area (Å²) < 4.78 is 7.17. The largest absolute Gasteiger partial charge is 0.495 e. The number of methoxy groups -OCH3 is 1. The zero-order valence-corrected chi connectivity index (χ0v) is 10.9. The number of fused-ring (bicyclic) bond motifs is 1. The lowest BCUT2D eigenvalue weighted by atomic mass is 10.2. The lowest BCUT2D eigenvalue weighted by Crippen LogP contribution is -1.99. The van der Waals surface area contributed by atoms with E-state index in [1.165, 1.54) is 0 Å². The summed E-state index contributed by atoms with van der Waals surface area (Å²) in [6, 6.07) is 13.8. The van der Waals surface area contributed by atoms with Crippen molar-refractivity contribution in [3.05, 3.63) is 48.2 Å². The molecule has 1 heterocycles. The van der Waals surface area contributed by atoms with E-state index in [2.05, 4.69) is 17.2 Å². The van der Waals surface area contributed by atoms with Crippen LogP contribution in [0.5, 0.6) is 5.75 Å². The Labute approximate surface area is 111 Å². The Morgan fingerprint density at radius 1 is 1.16 bits per heavy atom. The van der Waals surface area contributed by atoms with Crippen LogP contribution in [0.4, 0.5) is 5.69 Å². The Morgan fingerprint density at radius 2 is 1.95 bits per heavy atom. The topological polar surface area (TPSA) is 53.1 Å². The first-order valence-corrected chi connectivity index (χ1v) is 6.09. The first-order chi connectivity index (χ1) is 9.20. The van der Waals surface area contributed by atoms with Crippen LogP contribution in [0.2, 0.25) is 0 Å². The number of para-hydroxylation sites is 1. The van der Waals surface area contributed by atoms with Crippen molar-refractivity contribution in [1.29, 1.82) is 0 Å². The second-order valence-corrected chi connectivity index (χ2v) is 4.44. The minimum absolute atomic E-state index is 0.624. The maximum Gasteiger partial charge on any atom is 0.143 e. The summed E-state index contributed by atoms with van der Waals surface area (Å²) in [7, 11) is 1.61. The molecule has 2 N–H and O–H groups in total. The smallest absolute Gasteiger partial charge is 0.143 e. The van der Waals surface area contributed by atoms with Crippen LogP contribution in [0, 0.1) is 6.92 Å². The van der Waals surface area contributed by atoms with Crippen LogP contribution < -0.4 is 10.5 Å². The molecule has 0 saturated carbocycles. The van der Waals surface area contributed by atoms with Crippen molar-refractivity contribution in [3.8, 4) is 11.4 Å². The van der Waals surface area contributed by atoms with Crippen LogP contribution in [-0.4, -0.2) is 16.9 Å². The van der Waals surface area contributed by atoms with E-state index in [-0.39, 0.29) is 0 Å². The van der Waals surface area contributed by atoms with Gasteiger partial charge < -0.3 is 10.5 Å². The molecule has 0 spiro atoms. The molecule has 0 amide bonds. The molecule has 0 saturated heterocycles. The van der Waals surface area contributed by atoms with Crippen LogP contribution in [0.3, 0.4) is 0 Å². The first-order valence-electron chi connectivity index (χ1n) is 6.09. The van der Waals surface area contributed by atoms with Gasteiger partial charge in [-0.1, -0.05) is 18.2 Å². The van der Waals surface area contributed by atoms with Crippen molar-refractivity contribution >= 4 is 16.6 Å². The number of ether oxygens (including phenoxy) is 1. The Bertz CT molecular complexity index is 746. The molecule has 0 radical (unpaired) electrons. The number of hydrogen-bond acceptors (Lipinski definition) is 3. The zero-order valence-electron chi connectivity index (χ0n) is 10.9. The SMILES string of the molecule is COc1cc(-n2nc(C)c3ccccc32)ccc1N. The Kier molecular flexibility index (Phi) is 2.63. The molecular weight excluding hydrogens is 238 g/mol. The van der Waals surface area contributed by atoms with E-state index in [1.54, 1.807) is 7.11 Å². The maximum absolute atomic E-state index is 5.84. The fraction of sp³-hybridized carbons (Fsp3) is 0.133. The standard InChI is InChI=1S/C15H15N3O/c1-10-12-5-3-4-6-14(12)18(17-10)11-7-8-13(16)15(9-11)19-2/h3-9H,16H2,1-2H3. The van der Waals surface area contributed by atoms with Gasteiger partial charge in [-0.05, 0) is 25.1 Å². The number of rotatable bonds is 2. The minimum atomic E-state index is 0.624. The predicted octanol–water partition coefficient (Wildman–Crippen LogP) is 2.92. The van der Waals surface area contributed by atoms with Crippen molar-refractivity contribution < 1.29 is 4.74 Å². The molecule has 0 aliphatic heterocycles. The fourth-order valence-electron chi connectivity index (χ4n) is 2.25. The summed E-state index contributed by atoms with van der Waals surface area (Å²) in [5.74, 6) is 0.662. The van der Waals surface area contributed by atoms with E-state index in [0.29, 0.717) is 11.4 Å². The third-order valence-corrected chi connectivity index (χ3v) is 3.23. The Hall–Kier alpha value is -2.49. The predicted molar refractivity (Wildman–Crippen MR) is 76.8 cm³/mol. The number of aromatic nitrogens is 2. The molecule has 0 bridgehead atoms. The molecule has 0 atom stereocenters. The van der Waals surface area contributed by atoms with Crippen LogP contribution >= 0.6 is 0 Å². The second-order valence-electron chi connectivity index (χ2n) is 4.44. The van der Waals surface area contributed by atoms with E-state index in [0.717, 1.165) is 22.3 Å². The van der Waals surface area contributed by atoms with Crippen LogP contribution in [-0.2, 0) is 0 Å². The number of benzene rings is 2. The molecule has 3 aromatic rings. The summed E-state index contributed by atoms with van der Waals surface area (Å²) in [5, 5.41) is 5.74. The summed E-state index contributed by atoms with van der Waals surface area (Å²) in [6.07, 6.45) is 0. The highest BCUT2D eigenvalue weighted by Gasteiger charge is 2.09. The number of nitrogen functional groups attached to an aromatic ring is 1. The molecule has 19 heavy (non-hydrogen) atoms. The molecule has 0 aliphatic rings. The van der Waals surface area contributed by atoms with E-state index in [4.69, 9.17) is 10.5 Å². The van der Waals surface area contributed by atoms with Gasteiger partial charge in [0, 0.05) is 11.5 Å². The lowest BCUT2D eigenvalue weighted by molar-refractivity contribution is 0.416. The van der Waals surface area contributed by atoms with Crippen molar-refractivity contribution in [1.82, 2.24) is 9.78 Å². The molecule has 0 unspecified atom stereocenters. The lowest BCUT2D eigenvalue weighted by Gasteiger charge is -2.08. The first kappa shape index (κ1) is 11.6. The summed E-state index contributed by atoms with van der Waals surface area (Å²) >= 11 is 0. The maximum atomic E-state index is 5.84. The third kappa shape index (κ3) is 1.81. The summed E-state index contributed by atoms with van der Waals surface area (Å²) in [5.41, 5.74) is 9.49. The highest BCUT2D eigenvalue weighted by atomic mass is 16.5. The Balaban J connectivity index is 2.24. The average molecular weight is 253 g/mol. The van der Waals surface area contributed by atoms with Gasteiger partial charge in [0.2, 0.25) is 0 Å². The highest BCUT2D eigenvalue weighted by Crippen LogP contribution is 2.27. The molecule has 2 aromatic carbocycles. The molecule has 0 fully saturated rings. The van der Waals surface area contributed by atoms with Crippen LogP contribution in [0.15, 0.2) is 42.5 Å². The third-order valence-electron chi connectivity index (χ3n) is 3.23. The number of nitrogens with two attached hydrogens (primary N) is 1. The monoisotopic (exact) mass is 253 g/mol. The molecule has 0 aliphatic carbocycles. The quantitative estimate of drug-likeness (QED) is 0.714. The molecule has 96 valence electrons. The van der Waals surface area contributed by atoms with Crippen molar-refractivity contribution in [2.24, 2.45) is 0 Å². The van der Waals surface area contributed by atoms with Crippen molar-refractivity contribution in [2.75, 3.05) is 12.8 Å². The number of aryl methyl sites for hydroxylation is 1. The molecule has 4 nitrogen and oxygen atoms in total. The van der Waals surface area contributed by atoms with E-state index in [1.807, 2.05) is 41.9 Å². The van der Waals surface area contributed by atoms with E-state index in [9.17, 15) is 0 Å². The number of nitrogens with zero attached hydrogens (tertiary/aromatic N) is 2. The minimum Gasteiger partial charge on any atom is -0.495 e. The molecule has 4 heteroatoms. The highest BCUT2D eigenvalue weighted by molar-refractivity contribution is 5.83. The fourth-order valence-corrected chi connectivity index (χ4v) is 2.25. The molecule has 3 rings (SSSR count). The van der Waals surface area contributed by atoms with Gasteiger partial charge in [-0.3, -0.25) is 0 Å². The zero-order chi connectivity index (χ0) is 13.4. The van der Waals surface area contributed by atoms with Crippen LogP contribution in [0.25, 0.3) is 16.6 Å². The normalized spacial score (nSPS) is 10.8. The molecular formula is C15H15N3O. The molecule has 1 aromatic heterocycles. The van der Waals surface area contributed by atoms with Gasteiger partial charge in [-0.15, -0.1) is 0 Å². The Morgan fingerprint density at radius 3 is 2.74 bits per heavy atom. The van der Waals surface area contributed by atoms with Gasteiger partial charge in [0.15, 0.2) is 0 Å². The second kappa shape index (κ2) is 4.31. The van der Waals surface area contributed by atoms with Gasteiger partial charge in [-0.2, -0.15) is 5.10 Å². The number of anilines is 1. The van der Waals surface area contributed by atoms with Gasteiger partial charge in [-0.25, -0.2) is 4.68 Å². The van der Waals surface area contributed by atoms with Crippen molar-refractivity contribution in [2.45, 2.75) is 6.92 Å². The summed E-state index contributed by atoms with van der Waals surface area (Å²) in [6.45, 7) is 2.01. The van der Waals surface area contributed by atoms with Gasteiger partial charge in [0.1, 0.15) is 5.75 Å². The van der Waals surface area contributed by atoms with Gasteiger partial charge in [0.25, 0.3) is 0 Å².